The van der Waals surface area contributed by atoms with Gasteiger partial charge in [0, 0.05) is 22.5 Å². The first-order valence-corrected chi connectivity index (χ1v) is 6.15. The Morgan fingerprint density at radius 2 is 2.11 bits per heavy atom. The molecule has 1 amide bonds. The molecule has 0 fully saturated rings. The molecule has 1 heterocycles. The van der Waals surface area contributed by atoms with Crippen molar-refractivity contribution in [2.24, 2.45) is 0 Å². The third kappa shape index (κ3) is 3.30. The predicted octanol–water partition coefficient (Wildman–Crippen LogP) is 3.04. The van der Waals surface area contributed by atoms with Crippen molar-refractivity contribution in [3.8, 4) is 0 Å². The summed E-state index contributed by atoms with van der Waals surface area (Å²) in [6.07, 6.45) is 0.807. The van der Waals surface area contributed by atoms with E-state index in [2.05, 4.69) is 10.3 Å². The number of aromatic nitrogens is 1. The standard InChI is InChI=1S/C14H13ClN2O2/c1-9(18)11-4-2-3-5-12(11)17-14(19)13-8-10(15)6-7-16-13/h2-9,18H,1H3,(H,17,19). The molecule has 2 rings (SSSR count). The summed E-state index contributed by atoms with van der Waals surface area (Å²) in [6.45, 7) is 1.64. The molecule has 0 radical (unpaired) electrons. The molecular weight excluding hydrogens is 264 g/mol. The second-order valence-electron chi connectivity index (χ2n) is 4.08. The monoisotopic (exact) mass is 276 g/mol. The van der Waals surface area contributed by atoms with E-state index in [-0.39, 0.29) is 11.6 Å². The number of para-hydroxylation sites is 1. The third-order valence-electron chi connectivity index (χ3n) is 2.61. The second-order valence-corrected chi connectivity index (χ2v) is 4.51. The van der Waals surface area contributed by atoms with Crippen LogP contribution in [0, 0.1) is 0 Å². The molecule has 0 spiro atoms. The van der Waals surface area contributed by atoms with Gasteiger partial charge in [-0.25, -0.2) is 0 Å². The van der Waals surface area contributed by atoms with Crippen molar-refractivity contribution >= 4 is 23.2 Å². The minimum Gasteiger partial charge on any atom is -0.389 e. The fraction of sp³-hybridized carbons (Fsp3) is 0.143. The van der Waals surface area contributed by atoms with Crippen LogP contribution in [0.1, 0.15) is 29.1 Å². The molecule has 19 heavy (non-hydrogen) atoms. The van der Waals surface area contributed by atoms with Crippen molar-refractivity contribution < 1.29 is 9.90 Å². The minimum atomic E-state index is -0.663. The van der Waals surface area contributed by atoms with Gasteiger partial charge in [0.2, 0.25) is 0 Å². The Bertz CT molecular complexity index is 600. The van der Waals surface area contributed by atoms with Crippen LogP contribution in [0.2, 0.25) is 5.02 Å². The molecule has 4 nitrogen and oxygen atoms in total. The van der Waals surface area contributed by atoms with E-state index in [1.165, 1.54) is 12.3 Å². The van der Waals surface area contributed by atoms with Gasteiger partial charge in [-0.2, -0.15) is 0 Å². The number of hydrogen-bond donors (Lipinski definition) is 2. The molecule has 2 aromatic rings. The molecule has 1 atom stereocenters. The molecule has 2 N–H and O–H groups in total. The summed E-state index contributed by atoms with van der Waals surface area (Å²) in [5, 5.41) is 12.8. The number of anilines is 1. The van der Waals surface area contributed by atoms with Crippen LogP contribution in [0.3, 0.4) is 0 Å². The molecule has 1 aromatic heterocycles. The first kappa shape index (κ1) is 13.5. The van der Waals surface area contributed by atoms with Crippen LogP contribution in [-0.4, -0.2) is 16.0 Å². The minimum absolute atomic E-state index is 0.230. The average molecular weight is 277 g/mol. The molecule has 98 valence electrons. The van der Waals surface area contributed by atoms with Crippen LogP contribution in [-0.2, 0) is 0 Å². The van der Waals surface area contributed by atoms with Gasteiger partial charge < -0.3 is 10.4 Å². The van der Waals surface area contributed by atoms with Gasteiger partial charge in [0.15, 0.2) is 0 Å². The highest BCUT2D eigenvalue weighted by Crippen LogP contribution is 2.22. The van der Waals surface area contributed by atoms with E-state index in [1.54, 1.807) is 37.3 Å². The number of carbonyl (C=O) groups excluding carboxylic acids is 1. The van der Waals surface area contributed by atoms with E-state index < -0.39 is 6.10 Å². The maximum atomic E-state index is 12.0. The van der Waals surface area contributed by atoms with Crippen molar-refractivity contribution in [2.45, 2.75) is 13.0 Å². The van der Waals surface area contributed by atoms with Gasteiger partial charge in [0.05, 0.1) is 6.10 Å². The number of halogens is 1. The highest BCUT2D eigenvalue weighted by molar-refractivity contribution is 6.30. The molecular formula is C14H13ClN2O2. The SMILES string of the molecule is CC(O)c1ccccc1NC(=O)c1cc(Cl)ccn1. The number of carbonyl (C=O) groups is 1. The number of pyridine rings is 1. The fourth-order valence-electron chi connectivity index (χ4n) is 1.69. The first-order chi connectivity index (χ1) is 9.08. The van der Waals surface area contributed by atoms with Crippen molar-refractivity contribution in [3.63, 3.8) is 0 Å². The van der Waals surface area contributed by atoms with Crippen LogP contribution in [0.15, 0.2) is 42.6 Å². The number of hydrogen-bond acceptors (Lipinski definition) is 3. The number of aliphatic hydroxyl groups excluding tert-OH is 1. The van der Waals surface area contributed by atoms with Gasteiger partial charge >= 0.3 is 0 Å². The molecule has 1 aromatic carbocycles. The Labute approximate surface area is 116 Å². The number of nitrogens with zero attached hydrogens (tertiary/aromatic N) is 1. The lowest BCUT2D eigenvalue weighted by Gasteiger charge is -2.12. The second kappa shape index (κ2) is 5.82. The lowest BCUT2D eigenvalue weighted by Crippen LogP contribution is -2.15. The van der Waals surface area contributed by atoms with Gasteiger partial charge in [0.25, 0.3) is 5.91 Å². The van der Waals surface area contributed by atoms with Gasteiger partial charge in [-0.3, -0.25) is 9.78 Å². The fourth-order valence-corrected chi connectivity index (χ4v) is 1.85. The van der Waals surface area contributed by atoms with E-state index in [9.17, 15) is 9.90 Å². The quantitative estimate of drug-likeness (QED) is 0.906. The smallest absolute Gasteiger partial charge is 0.274 e. The normalized spacial score (nSPS) is 11.9. The molecule has 0 aliphatic rings. The van der Waals surface area contributed by atoms with Crippen molar-refractivity contribution in [1.82, 2.24) is 4.98 Å². The number of nitrogens with one attached hydrogen (secondary N) is 1. The summed E-state index contributed by atoms with van der Waals surface area (Å²) in [6, 6.07) is 10.2. The van der Waals surface area contributed by atoms with Crippen molar-refractivity contribution in [3.05, 3.63) is 58.9 Å². The number of rotatable bonds is 3. The average Bonchev–Trinajstić information content (AvgIpc) is 2.39. The summed E-state index contributed by atoms with van der Waals surface area (Å²) in [4.78, 5) is 16.0. The Kier molecular flexibility index (Phi) is 4.14. The summed E-state index contributed by atoms with van der Waals surface area (Å²) < 4.78 is 0. The van der Waals surface area contributed by atoms with E-state index in [0.717, 1.165) is 0 Å². The van der Waals surface area contributed by atoms with E-state index in [0.29, 0.717) is 16.3 Å². The Balaban J connectivity index is 2.24. The summed E-state index contributed by atoms with van der Waals surface area (Å²) >= 11 is 5.81. The van der Waals surface area contributed by atoms with Crippen LogP contribution >= 0.6 is 11.6 Å². The van der Waals surface area contributed by atoms with Crippen LogP contribution in [0.25, 0.3) is 0 Å². The Morgan fingerprint density at radius 3 is 2.79 bits per heavy atom. The molecule has 0 bridgehead atoms. The molecule has 5 heteroatoms. The maximum Gasteiger partial charge on any atom is 0.274 e. The molecule has 0 aliphatic carbocycles. The molecule has 0 saturated carbocycles. The maximum absolute atomic E-state index is 12.0. The third-order valence-corrected chi connectivity index (χ3v) is 2.85. The highest BCUT2D eigenvalue weighted by Gasteiger charge is 2.12. The zero-order valence-electron chi connectivity index (χ0n) is 10.3. The predicted molar refractivity (Wildman–Crippen MR) is 74.3 cm³/mol. The lowest BCUT2D eigenvalue weighted by molar-refractivity contribution is 0.102. The van der Waals surface area contributed by atoms with E-state index in [1.807, 2.05) is 0 Å². The van der Waals surface area contributed by atoms with E-state index in [4.69, 9.17) is 11.6 Å². The van der Waals surface area contributed by atoms with Crippen LogP contribution in [0.4, 0.5) is 5.69 Å². The zero-order valence-corrected chi connectivity index (χ0v) is 11.1. The lowest BCUT2D eigenvalue weighted by atomic mass is 10.1. The molecule has 0 saturated heterocycles. The largest absolute Gasteiger partial charge is 0.389 e. The van der Waals surface area contributed by atoms with Gasteiger partial charge in [0.1, 0.15) is 5.69 Å². The molecule has 0 aliphatic heterocycles. The Hall–Kier alpha value is -1.91. The van der Waals surface area contributed by atoms with Gasteiger partial charge in [-0.05, 0) is 25.1 Å². The van der Waals surface area contributed by atoms with Crippen LogP contribution in [0.5, 0.6) is 0 Å². The van der Waals surface area contributed by atoms with E-state index >= 15 is 0 Å². The number of benzene rings is 1. The van der Waals surface area contributed by atoms with Crippen molar-refractivity contribution in [1.29, 1.82) is 0 Å². The van der Waals surface area contributed by atoms with Crippen LogP contribution < -0.4 is 5.32 Å². The van der Waals surface area contributed by atoms with Crippen molar-refractivity contribution in [2.75, 3.05) is 5.32 Å². The number of amides is 1. The number of aliphatic hydroxyl groups is 1. The zero-order chi connectivity index (χ0) is 13.8. The highest BCUT2D eigenvalue weighted by atomic mass is 35.5. The molecule has 1 unspecified atom stereocenters. The summed E-state index contributed by atoms with van der Waals surface area (Å²) in [5.41, 5.74) is 1.44. The Morgan fingerprint density at radius 1 is 1.37 bits per heavy atom. The van der Waals surface area contributed by atoms with Gasteiger partial charge in [-0.15, -0.1) is 0 Å². The summed E-state index contributed by atoms with van der Waals surface area (Å²) in [7, 11) is 0. The topological polar surface area (TPSA) is 62.2 Å². The first-order valence-electron chi connectivity index (χ1n) is 5.78. The summed E-state index contributed by atoms with van der Waals surface area (Å²) in [5.74, 6) is -0.365. The van der Waals surface area contributed by atoms with Gasteiger partial charge in [-0.1, -0.05) is 29.8 Å².